The summed E-state index contributed by atoms with van der Waals surface area (Å²) in [5.74, 6) is -0.152. The number of benzene rings is 1. The Labute approximate surface area is 97.1 Å². The van der Waals surface area contributed by atoms with Crippen LogP contribution < -0.4 is 0 Å². The standard InChI is InChI=1S/C11H11F3OS/c1-7-8(5-9(15)6-16)3-2-4-10(7)11(12,13)14/h2-4,16H,5-6H2,1H3. The number of ketones is 1. The number of carbonyl (C=O) groups excluding carboxylic acids is 1. The molecule has 0 saturated heterocycles. The summed E-state index contributed by atoms with van der Waals surface area (Å²) < 4.78 is 37.6. The Kier molecular flexibility index (Phi) is 4.02. The fraction of sp³-hybridized carbons (Fsp3) is 0.364. The minimum absolute atomic E-state index is 0.000741. The van der Waals surface area contributed by atoms with Crippen LogP contribution in [0.1, 0.15) is 16.7 Å². The van der Waals surface area contributed by atoms with Crippen LogP contribution in [0.15, 0.2) is 18.2 Å². The molecule has 1 aromatic carbocycles. The average molecular weight is 248 g/mol. The van der Waals surface area contributed by atoms with Crippen molar-refractivity contribution < 1.29 is 18.0 Å². The third-order valence-electron chi connectivity index (χ3n) is 2.32. The van der Waals surface area contributed by atoms with Crippen molar-refractivity contribution in [2.75, 3.05) is 5.75 Å². The fourth-order valence-electron chi connectivity index (χ4n) is 1.45. The van der Waals surface area contributed by atoms with Gasteiger partial charge in [0.25, 0.3) is 0 Å². The van der Waals surface area contributed by atoms with Crippen LogP contribution in [0.3, 0.4) is 0 Å². The Balaban J connectivity index is 3.09. The molecule has 0 bridgehead atoms. The van der Waals surface area contributed by atoms with Gasteiger partial charge in [0.05, 0.1) is 5.56 Å². The smallest absolute Gasteiger partial charge is 0.298 e. The highest BCUT2D eigenvalue weighted by Gasteiger charge is 2.32. The average Bonchev–Trinajstić information content (AvgIpc) is 2.19. The summed E-state index contributed by atoms with van der Waals surface area (Å²) in [6, 6.07) is 3.87. The number of hydrogen-bond acceptors (Lipinski definition) is 2. The summed E-state index contributed by atoms with van der Waals surface area (Å²) in [6.07, 6.45) is -4.37. The van der Waals surface area contributed by atoms with Gasteiger partial charge in [-0.1, -0.05) is 12.1 Å². The number of rotatable bonds is 3. The van der Waals surface area contributed by atoms with E-state index in [4.69, 9.17) is 0 Å². The molecule has 0 N–H and O–H groups in total. The van der Waals surface area contributed by atoms with Crippen molar-refractivity contribution in [2.45, 2.75) is 19.5 Å². The minimum atomic E-state index is -4.37. The second-order valence-corrected chi connectivity index (χ2v) is 3.78. The van der Waals surface area contributed by atoms with Gasteiger partial charge in [-0.15, -0.1) is 0 Å². The summed E-state index contributed by atoms with van der Waals surface area (Å²) >= 11 is 3.79. The van der Waals surface area contributed by atoms with E-state index < -0.39 is 11.7 Å². The first kappa shape index (κ1) is 13.1. The lowest BCUT2D eigenvalue weighted by Crippen LogP contribution is -2.11. The van der Waals surface area contributed by atoms with Crippen LogP contribution in [-0.4, -0.2) is 11.5 Å². The highest BCUT2D eigenvalue weighted by molar-refractivity contribution is 7.81. The molecule has 88 valence electrons. The second-order valence-electron chi connectivity index (χ2n) is 3.46. The molecule has 0 atom stereocenters. The molecule has 0 unspecified atom stereocenters. The first-order chi connectivity index (χ1) is 7.36. The van der Waals surface area contributed by atoms with E-state index in [1.165, 1.54) is 19.1 Å². The molecule has 1 nitrogen and oxygen atoms in total. The maximum Gasteiger partial charge on any atom is 0.416 e. The quantitative estimate of drug-likeness (QED) is 0.813. The van der Waals surface area contributed by atoms with E-state index in [0.29, 0.717) is 5.56 Å². The molecule has 0 aliphatic heterocycles. The number of halogens is 3. The van der Waals surface area contributed by atoms with E-state index in [-0.39, 0.29) is 23.5 Å². The van der Waals surface area contributed by atoms with Crippen molar-refractivity contribution in [3.63, 3.8) is 0 Å². The molecule has 0 saturated carbocycles. The first-order valence-corrected chi connectivity index (χ1v) is 5.27. The first-order valence-electron chi connectivity index (χ1n) is 4.64. The molecule has 1 aromatic rings. The van der Waals surface area contributed by atoms with E-state index in [0.717, 1.165) is 6.07 Å². The van der Waals surface area contributed by atoms with Crippen molar-refractivity contribution in [1.82, 2.24) is 0 Å². The molecule has 0 fully saturated rings. The zero-order valence-corrected chi connectivity index (χ0v) is 9.53. The van der Waals surface area contributed by atoms with Gasteiger partial charge in [-0.3, -0.25) is 4.79 Å². The van der Waals surface area contributed by atoms with Crippen LogP contribution in [0.25, 0.3) is 0 Å². The summed E-state index contributed by atoms with van der Waals surface area (Å²) in [4.78, 5) is 11.1. The van der Waals surface area contributed by atoms with E-state index in [1.807, 2.05) is 0 Å². The van der Waals surface area contributed by atoms with Gasteiger partial charge in [-0.2, -0.15) is 25.8 Å². The molecule has 5 heteroatoms. The highest BCUT2D eigenvalue weighted by atomic mass is 32.1. The van der Waals surface area contributed by atoms with Crippen LogP contribution in [0, 0.1) is 6.92 Å². The number of hydrogen-bond donors (Lipinski definition) is 1. The molecule has 1 rings (SSSR count). The molecule has 0 aromatic heterocycles. The Morgan fingerprint density at radius 1 is 1.38 bits per heavy atom. The van der Waals surface area contributed by atoms with Gasteiger partial charge in [-0.05, 0) is 24.1 Å². The largest absolute Gasteiger partial charge is 0.416 e. The lowest BCUT2D eigenvalue weighted by atomic mass is 9.98. The molecule has 0 aliphatic carbocycles. The molecule has 0 amide bonds. The zero-order valence-electron chi connectivity index (χ0n) is 8.64. The normalized spacial score (nSPS) is 11.6. The second kappa shape index (κ2) is 4.91. The van der Waals surface area contributed by atoms with E-state index in [9.17, 15) is 18.0 Å². The van der Waals surface area contributed by atoms with Gasteiger partial charge in [-0.25, -0.2) is 0 Å². The van der Waals surface area contributed by atoms with Gasteiger partial charge in [0.2, 0.25) is 0 Å². The summed E-state index contributed by atoms with van der Waals surface area (Å²) in [7, 11) is 0. The topological polar surface area (TPSA) is 17.1 Å². The van der Waals surface area contributed by atoms with Crippen molar-refractivity contribution >= 4 is 18.4 Å². The number of thiol groups is 1. The number of alkyl halides is 3. The lowest BCUT2D eigenvalue weighted by molar-refractivity contribution is -0.138. The third-order valence-corrected chi connectivity index (χ3v) is 2.67. The van der Waals surface area contributed by atoms with Crippen LogP contribution in [0.5, 0.6) is 0 Å². The molecule has 0 heterocycles. The van der Waals surface area contributed by atoms with Gasteiger partial charge < -0.3 is 0 Å². The maximum atomic E-state index is 12.5. The fourth-order valence-corrected chi connectivity index (χ4v) is 1.56. The molecule has 16 heavy (non-hydrogen) atoms. The minimum Gasteiger partial charge on any atom is -0.298 e. The molecule has 0 aliphatic rings. The van der Waals surface area contributed by atoms with Gasteiger partial charge >= 0.3 is 6.18 Å². The Morgan fingerprint density at radius 3 is 2.50 bits per heavy atom. The highest BCUT2D eigenvalue weighted by Crippen LogP contribution is 2.32. The van der Waals surface area contributed by atoms with Crippen molar-refractivity contribution in [3.05, 3.63) is 34.9 Å². The van der Waals surface area contributed by atoms with Crippen LogP contribution >= 0.6 is 12.6 Å². The molecule has 0 spiro atoms. The predicted molar refractivity (Wildman–Crippen MR) is 58.7 cm³/mol. The molecular formula is C11H11F3OS. The molecular weight excluding hydrogens is 237 g/mol. The van der Waals surface area contributed by atoms with Crippen molar-refractivity contribution in [3.8, 4) is 0 Å². The summed E-state index contributed by atoms with van der Waals surface area (Å²) in [5.41, 5.74) is -0.157. The summed E-state index contributed by atoms with van der Waals surface area (Å²) in [6.45, 7) is 1.38. The Hall–Kier alpha value is -0.970. The van der Waals surface area contributed by atoms with Gasteiger partial charge in [0.1, 0.15) is 5.78 Å². The van der Waals surface area contributed by atoms with E-state index >= 15 is 0 Å². The molecule has 0 radical (unpaired) electrons. The zero-order chi connectivity index (χ0) is 12.3. The van der Waals surface area contributed by atoms with Crippen LogP contribution in [0.4, 0.5) is 13.2 Å². The summed E-state index contributed by atoms with van der Waals surface area (Å²) in [5, 5.41) is 0. The van der Waals surface area contributed by atoms with Crippen LogP contribution in [0.2, 0.25) is 0 Å². The third kappa shape index (κ3) is 3.01. The monoisotopic (exact) mass is 248 g/mol. The SMILES string of the molecule is Cc1c(CC(=O)CS)cccc1C(F)(F)F. The number of carbonyl (C=O) groups is 1. The van der Waals surface area contributed by atoms with Gasteiger partial charge in [0, 0.05) is 12.2 Å². The maximum absolute atomic E-state index is 12.5. The Bertz CT molecular complexity index is 399. The lowest BCUT2D eigenvalue weighted by Gasteiger charge is -2.13. The van der Waals surface area contributed by atoms with Crippen molar-refractivity contribution in [2.24, 2.45) is 0 Å². The predicted octanol–water partition coefficient (Wildman–Crippen LogP) is 3.06. The van der Waals surface area contributed by atoms with Crippen LogP contribution in [-0.2, 0) is 17.4 Å². The Morgan fingerprint density at radius 2 is 2.00 bits per heavy atom. The number of Topliss-reactive ketones (excluding diaryl/α,β-unsaturated/α-hetero) is 1. The van der Waals surface area contributed by atoms with E-state index in [1.54, 1.807) is 0 Å². The van der Waals surface area contributed by atoms with Gasteiger partial charge in [0.15, 0.2) is 0 Å². The van der Waals surface area contributed by atoms with E-state index in [2.05, 4.69) is 12.6 Å². The van der Waals surface area contributed by atoms with Crippen molar-refractivity contribution in [1.29, 1.82) is 0 Å².